The van der Waals surface area contributed by atoms with Crippen molar-refractivity contribution in [3.05, 3.63) is 30.3 Å². The summed E-state index contributed by atoms with van der Waals surface area (Å²) in [7, 11) is -3.45. The molecule has 0 saturated heterocycles. The van der Waals surface area contributed by atoms with Gasteiger partial charge in [-0.05, 0) is 17.7 Å². The van der Waals surface area contributed by atoms with Crippen molar-refractivity contribution in [3.8, 4) is 11.5 Å². The molecule has 0 aromatic heterocycles. The first kappa shape index (κ1) is 11.5. The van der Waals surface area contributed by atoms with E-state index in [-0.39, 0.29) is 11.5 Å². The Kier molecular flexibility index (Phi) is 3.33. The lowest BCUT2D eigenvalue weighted by Gasteiger charge is -2.12. The van der Waals surface area contributed by atoms with Crippen LogP contribution in [0.25, 0.3) is 6.08 Å². The Balaban J connectivity index is 3.13. The van der Waals surface area contributed by atoms with Gasteiger partial charge in [0.2, 0.25) is 0 Å². The molecular weight excluding hydrogens is 220 g/mol. The summed E-state index contributed by atoms with van der Waals surface area (Å²) in [5.74, 6) is 0.0184. The van der Waals surface area contributed by atoms with Crippen LogP contribution in [0.15, 0.2) is 24.8 Å². The molecule has 0 radical (unpaired) electrons. The number of rotatable bonds is 4. The largest absolute Gasteiger partial charge is 0.716 e. The van der Waals surface area contributed by atoms with Crippen LogP contribution in [0.2, 0.25) is 0 Å². The Hall–Kier alpha value is -1.53. The average Bonchev–Trinajstić information content (AvgIpc) is 2.16. The van der Waals surface area contributed by atoms with Crippen molar-refractivity contribution in [1.29, 1.82) is 0 Å². The highest BCUT2D eigenvalue weighted by Gasteiger charge is 2.07. The molecule has 1 aromatic rings. The summed E-state index contributed by atoms with van der Waals surface area (Å²) in [5.41, 5.74) is 0.725. The topological polar surface area (TPSA) is 75.7 Å². The highest BCUT2D eigenvalue weighted by molar-refractivity contribution is 7.81. The third-order valence-electron chi connectivity index (χ3n) is 1.62. The summed E-state index contributed by atoms with van der Waals surface area (Å²) in [6.07, 6.45) is 1.55. The summed E-state index contributed by atoms with van der Waals surface area (Å²) in [4.78, 5) is 0. The Bertz CT molecular complexity index is 463. The zero-order valence-electron chi connectivity index (χ0n) is 7.97. The minimum absolute atomic E-state index is 0.141. The maximum Gasteiger partial charge on any atom is 0.262 e. The van der Waals surface area contributed by atoms with Crippen LogP contribution in [0, 0.1) is 0 Å². The van der Waals surface area contributed by atoms with Gasteiger partial charge < -0.3 is 13.5 Å². The van der Waals surface area contributed by atoms with Crippen molar-refractivity contribution in [2.45, 2.75) is 0 Å². The summed E-state index contributed by atoms with van der Waals surface area (Å²) in [5, 5.41) is 0. The summed E-state index contributed by atoms with van der Waals surface area (Å²) >= 11 is 0. The minimum Gasteiger partial charge on any atom is -0.716 e. The second-order valence-corrected chi connectivity index (χ2v) is 3.59. The van der Waals surface area contributed by atoms with Gasteiger partial charge in [0.15, 0.2) is 11.5 Å². The van der Waals surface area contributed by atoms with E-state index >= 15 is 0 Å². The maximum atomic E-state index is 10.4. The Labute approximate surface area is 87.9 Å². The van der Waals surface area contributed by atoms with Crippen LogP contribution in [-0.2, 0) is 10.4 Å². The van der Waals surface area contributed by atoms with E-state index in [1.54, 1.807) is 12.1 Å². The first-order valence-electron chi connectivity index (χ1n) is 3.92. The summed E-state index contributed by atoms with van der Waals surface area (Å²) < 4.78 is 40.1. The maximum absolute atomic E-state index is 10.4. The van der Waals surface area contributed by atoms with Gasteiger partial charge in [-0.15, -0.1) is 0 Å². The van der Waals surface area contributed by atoms with E-state index in [1.807, 2.05) is 0 Å². The van der Waals surface area contributed by atoms with Crippen molar-refractivity contribution in [1.82, 2.24) is 0 Å². The summed E-state index contributed by atoms with van der Waals surface area (Å²) in [6, 6.07) is 4.38. The van der Waals surface area contributed by atoms with Crippen molar-refractivity contribution in [2.24, 2.45) is 0 Å². The van der Waals surface area contributed by atoms with Crippen LogP contribution in [0.4, 0.5) is 0 Å². The van der Waals surface area contributed by atoms with Gasteiger partial charge in [0.25, 0.3) is 10.4 Å². The first-order valence-corrected chi connectivity index (χ1v) is 5.25. The molecule has 0 atom stereocenters. The molecule has 0 aliphatic heterocycles. The molecule has 0 fully saturated rings. The van der Waals surface area contributed by atoms with E-state index in [9.17, 15) is 13.0 Å². The number of methoxy groups -OCH3 is 1. The smallest absolute Gasteiger partial charge is 0.262 e. The van der Waals surface area contributed by atoms with Gasteiger partial charge in [-0.3, -0.25) is 0 Å². The molecule has 0 aliphatic carbocycles. The first-order chi connectivity index (χ1) is 6.96. The number of hydrogen-bond donors (Lipinski definition) is 0. The van der Waals surface area contributed by atoms with E-state index in [0.29, 0.717) is 0 Å². The fourth-order valence-corrected chi connectivity index (χ4v) is 1.35. The number of hydrogen-bond acceptors (Lipinski definition) is 5. The molecular formula is C9H9O5S-. The van der Waals surface area contributed by atoms with Gasteiger partial charge >= 0.3 is 0 Å². The van der Waals surface area contributed by atoms with Crippen LogP contribution < -0.4 is 8.92 Å². The van der Waals surface area contributed by atoms with Crippen molar-refractivity contribution in [3.63, 3.8) is 0 Å². The van der Waals surface area contributed by atoms with Crippen molar-refractivity contribution >= 4 is 16.5 Å². The van der Waals surface area contributed by atoms with E-state index in [4.69, 9.17) is 4.74 Å². The standard InChI is InChI=1S/C9H10O5S/c1-3-7-4-5-8(9(6-7)13-2)14-15(10,11)12/h3-6H,1H2,2H3,(H,10,11,12)/p-1. The Morgan fingerprint density at radius 1 is 1.40 bits per heavy atom. The average molecular weight is 229 g/mol. The second kappa shape index (κ2) is 4.33. The number of ether oxygens (including phenoxy) is 1. The monoisotopic (exact) mass is 229 g/mol. The van der Waals surface area contributed by atoms with Gasteiger partial charge in [-0.25, -0.2) is 8.42 Å². The van der Waals surface area contributed by atoms with E-state index in [0.717, 1.165) is 5.56 Å². The quantitative estimate of drug-likeness (QED) is 0.572. The zero-order valence-corrected chi connectivity index (χ0v) is 8.78. The van der Waals surface area contributed by atoms with Gasteiger partial charge in [0.1, 0.15) is 0 Å². The van der Waals surface area contributed by atoms with Crippen LogP contribution in [-0.4, -0.2) is 20.1 Å². The fraction of sp³-hybridized carbons (Fsp3) is 0.111. The van der Waals surface area contributed by atoms with Crippen LogP contribution in [0.3, 0.4) is 0 Å². The normalized spacial score (nSPS) is 10.8. The van der Waals surface area contributed by atoms with Gasteiger partial charge in [0.05, 0.1) is 7.11 Å². The molecule has 0 heterocycles. The third-order valence-corrected chi connectivity index (χ3v) is 2.00. The van der Waals surface area contributed by atoms with E-state index < -0.39 is 10.4 Å². The van der Waals surface area contributed by atoms with E-state index in [2.05, 4.69) is 10.8 Å². The molecule has 0 saturated carbocycles. The predicted molar refractivity (Wildman–Crippen MR) is 53.4 cm³/mol. The lowest BCUT2D eigenvalue weighted by atomic mass is 10.2. The lowest BCUT2D eigenvalue weighted by Crippen LogP contribution is -2.08. The lowest BCUT2D eigenvalue weighted by molar-refractivity contribution is 0.351. The molecule has 0 spiro atoms. The van der Waals surface area contributed by atoms with Crippen LogP contribution in [0.5, 0.6) is 11.5 Å². The molecule has 82 valence electrons. The molecule has 0 aliphatic rings. The zero-order chi connectivity index (χ0) is 11.5. The molecule has 0 amide bonds. The minimum atomic E-state index is -4.79. The Morgan fingerprint density at radius 3 is 2.53 bits per heavy atom. The van der Waals surface area contributed by atoms with Crippen molar-refractivity contribution < 1.29 is 21.9 Å². The molecule has 0 unspecified atom stereocenters. The van der Waals surface area contributed by atoms with E-state index in [1.165, 1.54) is 19.2 Å². The molecule has 0 bridgehead atoms. The molecule has 5 nitrogen and oxygen atoms in total. The highest BCUT2D eigenvalue weighted by atomic mass is 32.3. The van der Waals surface area contributed by atoms with Crippen LogP contribution in [0.1, 0.15) is 5.56 Å². The predicted octanol–water partition coefficient (Wildman–Crippen LogP) is 1.18. The highest BCUT2D eigenvalue weighted by Crippen LogP contribution is 2.29. The second-order valence-electron chi connectivity index (χ2n) is 2.61. The van der Waals surface area contributed by atoms with Crippen molar-refractivity contribution in [2.75, 3.05) is 7.11 Å². The molecule has 15 heavy (non-hydrogen) atoms. The fourth-order valence-electron chi connectivity index (χ4n) is 0.990. The van der Waals surface area contributed by atoms with Crippen LogP contribution >= 0.6 is 0 Å². The number of benzene rings is 1. The molecule has 1 rings (SSSR count). The van der Waals surface area contributed by atoms with Gasteiger partial charge in [-0.2, -0.15) is 0 Å². The molecule has 1 aromatic carbocycles. The molecule has 6 heteroatoms. The van der Waals surface area contributed by atoms with Gasteiger partial charge in [0, 0.05) is 0 Å². The SMILES string of the molecule is C=Cc1ccc(OS(=O)(=O)[O-])c(OC)c1. The Morgan fingerprint density at radius 2 is 2.07 bits per heavy atom. The molecule has 0 N–H and O–H groups in total. The summed E-state index contributed by atoms with van der Waals surface area (Å²) in [6.45, 7) is 3.53. The van der Waals surface area contributed by atoms with Gasteiger partial charge in [-0.1, -0.05) is 18.7 Å². The third kappa shape index (κ3) is 3.26.